The second kappa shape index (κ2) is 8.17. The minimum absolute atomic E-state index is 0. The average molecular weight is 328 g/mol. The van der Waals surface area contributed by atoms with Crippen LogP contribution in [0, 0.1) is 0 Å². The van der Waals surface area contributed by atoms with Gasteiger partial charge in [-0.25, -0.2) is 0 Å². The van der Waals surface area contributed by atoms with Gasteiger partial charge in [0, 0.05) is 24.2 Å². The molecule has 3 rings (SSSR count). The first kappa shape index (κ1) is 17.7. The first-order chi connectivity index (χ1) is 9.34. The second-order valence-corrected chi connectivity index (χ2v) is 4.88. The Morgan fingerprint density at radius 1 is 1.29 bits per heavy atom. The number of carbonyl (C=O) groups is 1. The zero-order valence-corrected chi connectivity index (χ0v) is 13.2. The highest BCUT2D eigenvalue weighted by Crippen LogP contribution is 2.16. The molecule has 1 aromatic heterocycles. The molecule has 0 spiro atoms. The minimum Gasteiger partial charge on any atom is -0.349 e. The van der Waals surface area contributed by atoms with Gasteiger partial charge in [-0.15, -0.1) is 24.8 Å². The highest BCUT2D eigenvalue weighted by Gasteiger charge is 2.16. The van der Waals surface area contributed by atoms with Crippen molar-refractivity contribution in [1.82, 2.24) is 15.6 Å². The maximum Gasteiger partial charge on any atom is 0.270 e. The number of nitrogens with one attached hydrogen (secondary N) is 2. The number of fused-ring (bicyclic) bond motifs is 1. The van der Waals surface area contributed by atoms with E-state index in [1.807, 2.05) is 30.3 Å². The van der Waals surface area contributed by atoms with Crippen molar-refractivity contribution in [2.45, 2.75) is 18.9 Å². The Bertz CT molecular complexity index is 595. The smallest absolute Gasteiger partial charge is 0.270 e. The quantitative estimate of drug-likeness (QED) is 0.910. The molecular weight excluding hydrogens is 309 g/mol. The number of amides is 1. The molecule has 6 heteroatoms. The Kier molecular flexibility index (Phi) is 6.89. The summed E-state index contributed by atoms with van der Waals surface area (Å²) in [7, 11) is 0. The topological polar surface area (TPSA) is 54.0 Å². The lowest BCUT2D eigenvalue weighted by molar-refractivity contribution is 0.0947. The molecule has 2 N–H and O–H groups in total. The molecule has 0 radical (unpaired) electrons. The third-order valence-corrected chi connectivity index (χ3v) is 3.56. The summed E-state index contributed by atoms with van der Waals surface area (Å²) in [4.78, 5) is 16.4. The molecule has 114 valence electrons. The molecule has 0 saturated carbocycles. The van der Waals surface area contributed by atoms with Gasteiger partial charge < -0.3 is 10.6 Å². The first-order valence-corrected chi connectivity index (χ1v) is 6.70. The summed E-state index contributed by atoms with van der Waals surface area (Å²) in [6.07, 6.45) is 4.00. The number of benzene rings is 1. The number of rotatable bonds is 3. The molecule has 21 heavy (non-hydrogen) atoms. The molecule has 0 aliphatic carbocycles. The molecule has 1 aliphatic heterocycles. The van der Waals surface area contributed by atoms with Crippen LogP contribution in [0.5, 0.6) is 0 Å². The molecule has 2 aromatic rings. The number of carbonyl (C=O) groups excluding carboxylic acids is 1. The van der Waals surface area contributed by atoms with E-state index < -0.39 is 0 Å². The van der Waals surface area contributed by atoms with Crippen molar-refractivity contribution in [1.29, 1.82) is 0 Å². The second-order valence-electron chi connectivity index (χ2n) is 4.88. The van der Waals surface area contributed by atoms with Crippen molar-refractivity contribution >= 4 is 41.5 Å². The van der Waals surface area contributed by atoms with Crippen LogP contribution in [-0.4, -0.2) is 30.0 Å². The van der Waals surface area contributed by atoms with E-state index in [1.165, 1.54) is 6.42 Å². The van der Waals surface area contributed by atoms with Crippen molar-refractivity contribution in [2.75, 3.05) is 13.1 Å². The van der Waals surface area contributed by atoms with E-state index in [1.54, 1.807) is 6.20 Å². The van der Waals surface area contributed by atoms with Crippen LogP contribution >= 0.6 is 24.8 Å². The highest BCUT2D eigenvalue weighted by molar-refractivity contribution is 6.05. The van der Waals surface area contributed by atoms with Gasteiger partial charge >= 0.3 is 0 Å². The van der Waals surface area contributed by atoms with Crippen LogP contribution in [0.15, 0.2) is 36.5 Å². The lowest BCUT2D eigenvalue weighted by Gasteiger charge is -2.12. The molecule has 2 heterocycles. The Hall–Kier alpha value is -1.36. The SMILES string of the molecule is Cl.Cl.O=C(NCC1CCCN1)c1nccc2ccccc12. The van der Waals surface area contributed by atoms with Crippen LogP contribution in [0.3, 0.4) is 0 Å². The van der Waals surface area contributed by atoms with Crippen LogP contribution in [0.1, 0.15) is 23.3 Å². The molecule has 1 unspecified atom stereocenters. The van der Waals surface area contributed by atoms with Crippen LogP contribution in [0.4, 0.5) is 0 Å². The van der Waals surface area contributed by atoms with E-state index in [-0.39, 0.29) is 30.7 Å². The predicted octanol–water partition coefficient (Wildman–Crippen LogP) is 2.56. The minimum atomic E-state index is -0.0921. The van der Waals surface area contributed by atoms with Crippen molar-refractivity contribution in [3.63, 3.8) is 0 Å². The number of hydrogen-bond acceptors (Lipinski definition) is 3. The molecule has 1 fully saturated rings. The van der Waals surface area contributed by atoms with E-state index >= 15 is 0 Å². The van der Waals surface area contributed by atoms with Gasteiger partial charge in [0.15, 0.2) is 0 Å². The molecule has 0 bridgehead atoms. The van der Waals surface area contributed by atoms with Crippen molar-refractivity contribution in [3.05, 3.63) is 42.2 Å². The summed E-state index contributed by atoms with van der Waals surface area (Å²) >= 11 is 0. The third kappa shape index (κ3) is 4.06. The Balaban J connectivity index is 0.00000110. The zero-order chi connectivity index (χ0) is 13.1. The van der Waals surface area contributed by atoms with Gasteiger partial charge in [-0.05, 0) is 30.8 Å². The summed E-state index contributed by atoms with van der Waals surface area (Å²) in [5, 5.41) is 8.28. The summed E-state index contributed by atoms with van der Waals surface area (Å²) in [6.45, 7) is 1.72. The number of hydrogen-bond donors (Lipinski definition) is 2. The summed E-state index contributed by atoms with van der Waals surface area (Å²) in [5.41, 5.74) is 0.510. The zero-order valence-electron chi connectivity index (χ0n) is 11.5. The fourth-order valence-corrected chi connectivity index (χ4v) is 2.53. The van der Waals surface area contributed by atoms with Gasteiger partial charge in [-0.2, -0.15) is 0 Å². The highest BCUT2D eigenvalue weighted by atomic mass is 35.5. The van der Waals surface area contributed by atoms with Crippen molar-refractivity contribution in [3.8, 4) is 0 Å². The molecule has 1 aromatic carbocycles. The third-order valence-electron chi connectivity index (χ3n) is 3.56. The van der Waals surface area contributed by atoms with Gasteiger partial charge in [-0.1, -0.05) is 24.3 Å². The molecule has 1 amide bonds. The van der Waals surface area contributed by atoms with E-state index in [4.69, 9.17) is 0 Å². The summed E-state index contributed by atoms with van der Waals surface area (Å²) in [5.74, 6) is -0.0921. The van der Waals surface area contributed by atoms with Gasteiger partial charge in [0.05, 0.1) is 0 Å². The van der Waals surface area contributed by atoms with Crippen molar-refractivity contribution < 1.29 is 4.79 Å². The lowest BCUT2D eigenvalue weighted by atomic mass is 10.1. The monoisotopic (exact) mass is 327 g/mol. The van der Waals surface area contributed by atoms with Crippen LogP contribution < -0.4 is 10.6 Å². The maximum absolute atomic E-state index is 12.2. The number of pyridine rings is 1. The molecular formula is C15H19Cl2N3O. The Morgan fingerprint density at radius 3 is 2.86 bits per heavy atom. The normalized spacial score (nSPS) is 16.9. The number of halogens is 2. The standard InChI is InChI=1S/C15H17N3O.2ClH/c19-15(18-10-12-5-3-8-16-12)14-13-6-2-1-4-11(13)7-9-17-14;;/h1-2,4,6-7,9,12,16H,3,5,8,10H2,(H,18,19);2*1H. The fraction of sp³-hybridized carbons (Fsp3) is 0.333. The lowest BCUT2D eigenvalue weighted by Crippen LogP contribution is -2.37. The molecule has 1 saturated heterocycles. The predicted molar refractivity (Wildman–Crippen MR) is 89.6 cm³/mol. The Morgan fingerprint density at radius 2 is 2.10 bits per heavy atom. The number of aromatic nitrogens is 1. The first-order valence-electron chi connectivity index (χ1n) is 6.70. The summed E-state index contributed by atoms with van der Waals surface area (Å²) < 4.78 is 0. The number of nitrogens with zero attached hydrogens (tertiary/aromatic N) is 1. The molecule has 1 aliphatic rings. The van der Waals surface area contributed by atoms with E-state index in [2.05, 4.69) is 15.6 Å². The largest absolute Gasteiger partial charge is 0.349 e. The van der Waals surface area contributed by atoms with Gasteiger partial charge in [0.1, 0.15) is 5.69 Å². The van der Waals surface area contributed by atoms with E-state index in [0.29, 0.717) is 18.3 Å². The van der Waals surface area contributed by atoms with Crippen LogP contribution in [0.25, 0.3) is 10.8 Å². The maximum atomic E-state index is 12.2. The van der Waals surface area contributed by atoms with E-state index in [9.17, 15) is 4.79 Å². The average Bonchev–Trinajstić information content (AvgIpc) is 2.97. The van der Waals surface area contributed by atoms with Gasteiger partial charge in [0.25, 0.3) is 5.91 Å². The van der Waals surface area contributed by atoms with Gasteiger partial charge in [0.2, 0.25) is 0 Å². The van der Waals surface area contributed by atoms with Crippen LogP contribution in [0.2, 0.25) is 0 Å². The fourth-order valence-electron chi connectivity index (χ4n) is 2.53. The summed E-state index contributed by atoms with van der Waals surface area (Å²) in [6, 6.07) is 10.1. The van der Waals surface area contributed by atoms with Crippen molar-refractivity contribution in [2.24, 2.45) is 0 Å². The Labute approximate surface area is 136 Å². The van der Waals surface area contributed by atoms with E-state index in [0.717, 1.165) is 23.7 Å². The van der Waals surface area contributed by atoms with Crippen LogP contribution in [-0.2, 0) is 0 Å². The van der Waals surface area contributed by atoms with Gasteiger partial charge in [-0.3, -0.25) is 9.78 Å². The molecule has 4 nitrogen and oxygen atoms in total. The molecule has 1 atom stereocenters.